The number of amidine groups is 1. The van der Waals surface area contributed by atoms with Crippen LogP contribution in [-0.4, -0.2) is 59.0 Å². The smallest absolute Gasteiger partial charge is 0.243 e. The molecule has 1 fully saturated rings. The molecule has 0 N–H and O–H groups in total. The van der Waals surface area contributed by atoms with Crippen molar-refractivity contribution in [2.24, 2.45) is 21.8 Å². The highest BCUT2D eigenvalue weighted by Gasteiger charge is 2.34. The summed E-state index contributed by atoms with van der Waals surface area (Å²) in [5.74, 6) is 0.985. The number of rotatable bonds is 3. The Labute approximate surface area is 130 Å². The van der Waals surface area contributed by atoms with E-state index in [4.69, 9.17) is 12.2 Å². The maximum Gasteiger partial charge on any atom is 0.243 e. The van der Waals surface area contributed by atoms with E-state index >= 15 is 0 Å². The SMILES string of the molecule is CC1CCN(CCN2C(=O)C3C=CC=NC3=NC2=S)CC1. The van der Waals surface area contributed by atoms with Crippen molar-refractivity contribution in [3.8, 4) is 0 Å². The number of aliphatic imine (C=N–C) groups is 2. The zero-order chi connectivity index (χ0) is 14.8. The van der Waals surface area contributed by atoms with Crippen molar-refractivity contribution in [3.63, 3.8) is 0 Å². The number of hydrogen-bond acceptors (Lipinski definition) is 4. The van der Waals surface area contributed by atoms with Crippen LogP contribution in [0.4, 0.5) is 0 Å². The molecule has 3 heterocycles. The first-order valence-corrected chi connectivity index (χ1v) is 7.93. The molecule has 0 aromatic heterocycles. The van der Waals surface area contributed by atoms with E-state index in [1.807, 2.05) is 6.08 Å². The second kappa shape index (κ2) is 6.15. The van der Waals surface area contributed by atoms with Gasteiger partial charge in [0.25, 0.3) is 0 Å². The number of allylic oxidation sites excluding steroid dienone is 1. The quantitative estimate of drug-likeness (QED) is 0.743. The molecule has 0 spiro atoms. The number of fused-ring (bicyclic) bond motifs is 1. The van der Waals surface area contributed by atoms with E-state index < -0.39 is 0 Å². The predicted molar refractivity (Wildman–Crippen MR) is 87.7 cm³/mol. The molecule has 0 saturated carbocycles. The lowest BCUT2D eigenvalue weighted by Crippen LogP contribution is -2.49. The average Bonchev–Trinajstić information content (AvgIpc) is 2.49. The lowest BCUT2D eigenvalue weighted by molar-refractivity contribution is -0.128. The maximum absolute atomic E-state index is 12.5. The Hall–Kier alpha value is -1.40. The third kappa shape index (κ3) is 3.11. The summed E-state index contributed by atoms with van der Waals surface area (Å²) in [6.45, 7) is 6.00. The molecule has 0 aliphatic carbocycles. The van der Waals surface area contributed by atoms with Crippen molar-refractivity contribution in [2.45, 2.75) is 19.8 Å². The highest BCUT2D eigenvalue weighted by Crippen LogP contribution is 2.20. The molecule has 0 aromatic carbocycles. The van der Waals surface area contributed by atoms with Gasteiger partial charge in [0.15, 0.2) is 0 Å². The average molecular weight is 304 g/mol. The van der Waals surface area contributed by atoms with Crippen molar-refractivity contribution < 1.29 is 4.79 Å². The summed E-state index contributed by atoms with van der Waals surface area (Å²) in [5.41, 5.74) is 0. The third-order valence-corrected chi connectivity index (χ3v) is 4.68. The molecule has 112 valence electrons. The summed E-state index contributed by atoms with van der Waals surface area (Å²) in [4.78, 5) is 25.0. The molecule has 1 atom stereocenters. The zero-order valence-electron chi connectivity index (χ0n) is 12.2. The molecule has 3 rings (SSSR count). The van der Waals surface area contributed by atoms with Crippen LogP contribution in [-0.2, 0) is 4.79 Å². The van der Waals surface area contributed by atoms with Crippen molar-refractivity contribution in [1.82, 2.24) is 9.80 Å². The molecular formula is C15H20N4OS. The fraction of sp³-hybridized carbons (Fsp3) is 0.600. The van der Waals surface area contributed by atoms with Gasteiger partial charge in [-0.3, -0.25) is 9.69 Å². The summed E-state index contributed by atoms with van der Waals surface area (Å²) in [6.07, 6.45) is 7.75. The number of thiocarbonyl (C=S) groups is 1. The topological polar surface area (TPSA) is 48.3 Å². The van der Waals surface area contributed by atoms with Crippen molar-refractivity contribution in [3.05, 3.63) is 12.2 Å². The Bertz CT molecular complexity index is 532. The van der Waals surface area contributed by atoms with Crippen molar-refractivity contribution >= 4 is 35.3 Å². The highest BCUT2D eigenvalue weighted by atomic mass is 32.1. The van der Waals surface area contributed by atoms with E-state index in [-0.39, 0.29) is 11.8 Å². The van der Waals surface area contributed by atoms with Gasteiger partial charge in [-0.1, -0.05) is 13.0 Å². The number of hydrogen-bond donors (Lipinski definition) is 0. The minimum absolute atomic E-state index is 0.00322. The normalized spacial score (nSPS) is 27.0. The van der Waals surface area contributed by atoms with Gasteiger partial charge < -0.3 is 4.90 Å². The Balaban J connectivity index is 1.62. The van der Waals surface area contributed by atoms with Gasteiger partial charge in [-0.05, 0) is 50.1 Å². The summed E-state index contributed by atoms with van der Waals surface area (Å²) < 4.78 is 0. The monoisotopic (exact) mass is 304 g/mol. The number of carbonyl (C=O) groups is 1. The first-order valence-electron chi connectivity index (χ1n) is 7.52. The molecule has 1 unspecified atom stereocenters. The molecule has 1 amide bonds. The van der Waals surface area contributed by atoms with Gasteiger partial charge in [-0.25, -0.2) is 9.98 Å². The van der Waals surface area contributed by atoms with Gasteiger partial charge in [0.2, 0.25) is 11.0 Å². The predicted octanol–water partition coefficient (Wildman–Crippen LogP) is 1.50. The standard InChI is InChI=1S/C15H20N4OS/c1-11-4-7-18(8-5-11)9-10-19-14(20)12-3-2-6-16-13(12)17-15(19)21/h2-3,6,11-12H,4-5,7-10H2,1H3. The lowest BCUT2D eigenvalue weighted by Gasteiger charge is -2.34. The summed E-state index contributed by atoms with van der Waals surface area (Å²) in [6, 6.07) is 0. The van der Waals surface area contributed by atoms with Crippen LogP contribution in [0.15, 0.2) is 22.1 Å². The van der Waals surface area contributed by atoms with Gasteiger partial charge in [-0.2, -0.15) is 0 Å². The van der Waals surface area contributed by atoms with E-state index in [1.165, 1.54) is 12.8 Å². The lowest BCUT2D eigenvalue weighted by atomic mass is 9.99. The van der Waals surface area contributed by atoms with E-state index in [1.54, 1.807) is 17.2 Å². The molecule has 0 bridgehead atoms. The van der Waals surface area contributed by atoms with Crippen LogP contribution in [0.2, 0.25) is 0 Å². The van der Waals surface area contributed by atoms with Crippen LogP contribution in [0.3, 0.4) is 0 Å². The molecule has 0 radical (unpaired) electrons. The number of amides is 1. The third-order valence-electron chi connectivity index (χ3n) is 4.36. The van der Waals surface area contributed by atoms with Gasteiger partial charge in [0.05, 0.1) is 0 Å². The fourth-order valence-corrected chi connectivity index (χ4v) is 3.17. The second-order valence-corrected chi connectivity index (χ2v) is 6.27. The molecule has 21 heavy (non-hydrogen) atoms. The van der Waals surface area contributed by atoms with Crippen LogP contribution in [0.25, 0.3) is 0 Å². The van der Waals surface area contributed by atoms with Crippen LogP contribution in [0.1, 0.15) is 19.8 Å². The zero-order valence-corrected chi connectivity index (χ0v) is 13.1. The Morgan fingerprint density at radius 2 is 2.10 bits per heavy atom. The van der Waals surface area contributed by atoms with Gasteiger partial charge in [0.1, 0.15) is 11.8 Å². The largest absolute Gasteiger partial charge is 0.302 e. The van der Waals surface area contributed by atoms with Crippen molar-refractivity contribution in [1.29, 1.82) is 0 Å². The van der Waals surface area contributed by atoms with Crippen molar-refractivity contribution in [2.75, 3.05) is 26.2 Å². The molecular weight excluding hydrogens is 284 g/mol. The van der Waals surface area contributed by atoms with Crippen LogP contribution in [0, 0.1) is 11.8 Å². The minimum Gasteiger partial charge on any atom is -0.302 e. The summed E-state index contributed by atoms with van der Waals surface area (Å²) >= 11 is 5.26. The highest BCUT2D eigenvalue weighted by molar-refractivity contribution is 7.80. The van der Waals surface area contributed by atoms with Crippen LogP contribution >= 0.6 is 12.2 Å². The number of carbonyl (C=O) groups excluding carboxylic acids is 1. The molecule has 5 nitrogen and oxygen atoms in total. The molecule has 0 aromatic rings. The molecule has 1 saturated heterocycles. The fourth-order valence-electron chi connectivity index (χ4n) is 2.89. The second-order valence-electron chi connectivity index (χ2n) is 5.91. The van der Waals surface area contributed by atoms with Gasteiger partial charge in [0, 0.05) is 19.3 Å². The minimum atomic E-state index is -0.358. The number of likely N-dealkylation sites (tertiary alicyclic amines) is 1. The molecule has 6 heteroatoms. The molecule has 3 aliphatic rings. The van der Waals surface area contributed by atoms with Gasteiger partial charge >= 0.3 is 0 Å². The number of dihydropyridines is 1. The first-order chi connectivity index (χ1) is 10.1. The van der Waals surface area contributed by atoms with Gasteiger partial charge in [-0.15, -0.1) is 0 Å². The Kier molecular flexibility index (Phi) is 4.26. The van der Waals surface area contributed by atoms with Crippen LogP contribution < -0.4 is 0 Å². The van der Waals surface area contributed by atoms with E-state index in [2.05, 4.69) is 21.8 Å². The maximum atomic E-state index is 12.5. The Morgan fingerprint density at radius 3 is 2.86 bits per heavy atom. The molecule has 3 aliphatic heterocycles. The number of nitrogens with zero attached hydrogens (tertiary/aromatic N) is 4. The summed E-state index contributed by atoms with van der Waals surface area (Å²) in [5, 5.41) is 0.351. The van der Waals surface area contributed by atoms with E-state index in [0.717, 1.165) is 25.6 Å². The van der Waals surface area contributed by atoms with Crippen LogP contribution in [0.5, 0.6) is 0 Å². The van der Waals surface area contributed by atoms with E-state index in [0.29, 0.717) is 17.5 Å². The number of piperidine rings is 1. The summed E-state index contributed by atoms with van der Waals surface area (Å²) in [7, 11) is 0. The Morgan fingerprint density at radius 1 is 1.33 bits per heavy atom. The van der Waals surface area contributed by atoms with E-state index in [9.17, 15) is 4.79 Å². The first kappa shape index (κ1) is 14.5.